The Bertz CT molecular complexity index is 466. The highest BCUT2D eigenvalue weighted by molar-refractivity contribution is 6.31. The van der Waals surface area contributed by atoms with Gasteiger partial charge in [0.05, 0.1) is 17.6 Å². The van der Waals surface area contributed by atoms with Crippen LogP contribution in [0.2, 0.25) is 10.2 Å². The third-order valence-electron chi connectivity index (χ3n) is 1.70. The van der Waals surface area contributed by atoms with Crippen molar-refractivity contribution < 1.29 is 0 Å². The van der Waals surface area contributed by atoms with E-state index in [-0.39, 0.29) is 0 Å². The van der Waals surface area contributed by atoms with Crippen molar-refractivity contribution >= 4 is 28.9 Å². The molecule has 0 amide bonds. The number of nitrogen functional groups attached to an aromatic ring is 1. The molecule has 6 heteroatoms. The number of nitrogens with zero attached hydrogens (tertiary/aromatic N) is 3. The lowest BCUT2D eigenvalue weighted by Gasteiger charge is -2.03. The molecule has 1 heterocycles. The van der Waals surface area contributed by atoms with Crippen LogP contribution >= 0.6 is 23.2 Å². The van der Waals surface area contributed by atoms with Gasteiger partial charge in [-0.2, -0.15) is 0 Å². The van der Waals surface area contributed by atoms with E-state index < -0.39 is 0 Å². The van der Waals surface area contributed by atoms with E-state index in [9.17, 15) is 0 Å². The van der Waals surface area contributed by atoms with Crippen LogP contribution in [0.4, 0.5) is 5.69 Å². The lowest BCUT2D eigenvalue weighted by molar-refractivity contribution is 0.805. The van der Waals surface area contributed by atoms with E-state index in [0.29, 0.717) is 21.6 Å². The molecule has 0 aliphatic carbocycles. The number of rotatable bonds is 1. The highest BCUT2D eigenvalue weighted by Crippen LogP contribution is 2.21. The predicted octanol–water partition coefficient (Wildman–Crippen LogP) is 2.16. The van der Waals surface area contributed by atoms with Crippen molar-refractivity contribution in [2.75, 3.05) is 5.73 Å². The molecule has 0 spiro atoms. The van der Waals surface area contributed by atoms with Gasteiger partial charge in [-0.15, -0.1) is 5.10 Å². The number of hydrogen-bond acceptors (Lipinski definition) is 3. The second-order valence-electron chi connectivity index (χ2n) is 2.69. The van der Waals surface area contributed by atoms with Crippen molar-refractivity contribution in [2.45, 2.75) is 0 Å². The van der Waals surface area contributed by atoms with E-state index >= 15 is 0 Å². The summed E-state index contributed by atoms with van der Waals surface area (Å²) in [5.74, 6) is 0. The molecule has 2 rings (SSSR count). The van der Waals surface area contributed by atoms with Crippen molar-refractivity contribution in [2.24, 2.45) is 0 Å². The van der Waals surface area contributed by atoms with Crippen molar-refractivity contribution in [3.8, 4) is 5.69 Å². The first-order valence-corrected chi connectivity index (χ1v) is 4.55. The lowest BCUT2D eigenvalue weighted by Crippen LogP contribution is -2.00. The maximum atomic E-state index is 5.76. The average molecular weight is 229 g/mol. The van der Waals surface area contributed by atoms with Crippen LogP contribution in [-0.2, 0) is 0 Å². The fourth-order valence-electron chi connectivity index (χ4n) is 1.10. The van der Waals surface area contributed by atoms with Crippen LogP contribution in [0.15, 0.2) is 24.4 Å². The lowest BCUT2D eigenvalue weighted by atomic mass is 10.3. The third-order valence-corrected chi connectivity index (χ3v) is 2.11. The van der Waals surface area contributed by atoms with Crippen LogP contribution in [0.25, 0.3) is 5.69 Å². The van der Waals surface area contributed by atoms with Crippen LogP contribution in [0.5, 0.6) is 0 Å². The fourth-order valence-corrected chi connectivity index (χ4v) is 1.40. The molecule has 14 heavy (non-hydrogen) atoms. The summed E-state index contributed by atoms with van der Waals surface area (Å²) in [5, 5.41) is 8.33. The molecule has 0 saturated carbocycles. The van der Waals surface area contributed by atoms with E-state index in [1.165, 1.54) is 4.68 Å². The van der Waals surface area contributed by atoms with E-state index in [1.54, 1.807) is 24.4 Å². The van der Waals surface area contributed by atoms with E-state index in [2.05, 4.69) is 10.3 Å². The molecule has 72 valence electrons. The summed E-state index contributed by atoms with van der Waals surface area (Å²) in [6, 6.07) is 5.12. The van der Waals surface area contributed by atoms with Crippen LogP contribution in [0.3, 0.4) is 0 Å². The number of halogens is 2. The molecule has 2 N–H and O–H groups in total. The smallest absolute Gasteiger partial charge is 0.171 e. The van der Waals surface area contributed by atoms with Gasteiger partial charge in [0.15, 0.2) is 5.15 Å². The molecule has 0 aliphatic heterocycles. The van der Waals surface area contributed by atoms with Crippen LogP contribution in [-0.4, -0.2) is 15.0 Å². The predicted molar refractivity (Wildman–Crippen MR) is 55.8 cm³/mol. The largest absolute Gasteiger partial charge is 0.397 e. The summed E-state index contributed by atoms with van der Waals surface area (Å²) in [7, 11) is 0. The summed E-state index contributed by atoms with van der Waals surface area (Å²) in [6.45, 7) is 0. The molecular formula is C8H6Cl2N4. The van der Waals surface area contributed by atoms with Gasteiger partial charge in [0.1, 0.15) is 0 Å². The SMILES string of the molecule is Nc1cc(Cl)ccc1-n1cc(Cl)nn1. The van der Waals surface area contributed by atoms with Crippen LogP contribution in [0, 0.1) is 0 Å². The van der Waals surface area contributed by atoms with Crippen molar-refractivity contribution in [3.63, 3.8) is 0 Å². The fraction of sp³-hybridized carbons (Fsp3) is 0. The van der Waals surface area contributed by atoms with Crippen molar-refractivity contribution in [1.82, 2.24) is 15.0 Å². The Morgan fingerprint density at radius 2 is 2.07 bits per heavy atom. The van der Waals surface area contributed by atoms with Gasteiger partial charge in [-0.05, 0) is 18.2 Å². The molecule has 0 aliphatic rings. The Labute approximate surface area is 90.2 Å². The Morgan fingerprint density at radius 1 is 1.29 bits per heavy atom. The molecule has 0 unspecified atom stereocenters. The van der Waals surface area contributed by atoms with Gasteiger partial charge >= 0.3 is 0 Å². The maximum absolute atomic E-state index is 5.76. The number of benzene rings is 1. The summed E-state index contributed by atoms with van der Waals surface area (Å²) >= 11 is 11.4. The van der Waals surface area contributed by atoms with Crippen LogP contribution in [0.1, 0.15) is 0 Å². The van der Waals surface area contributed by atoms with Gasteiger partial charge in [0.2, 0.25) is 0 Å². The highest BCUT2D eigenvalue weighted by Gasteiger charge is 2.04. The minimum Gasteiger partial charge on any atom is -0.397 e. The Kier molecular flexibility index (Phi) is 2.31. The number of anilines is 1. The molecule has 1 aromatic heterocycles. The summed E-state index contributed by atoms with van der Waals surface area (Å²) in [5.41, 5.74) is 6.98. The zero-order chi connectivity index (χ0) is 10.1. The number of nitrogens with two attached hydrogens (primary N) is 1. The first-order chi connectivity index (χ1) is 6.66. The molecule has 0 fully saturated rings. The van der Waals surface area contributed by atoms with Gasteiger partial charge in [0, 0.05) is 5.02 Å². The molecule has 0 radical (unpaired) electrons. The molecule has 1 aromatic carbocycles. The normalized spacial score (nSPS) is 10.4. The van der Waals surface area contributed by atoms with Crippen molar-refractivity contribution in [3.05, 3.63) is 34.6 Å². The second-order valence-corrected chi connectivity index (χ2v) is 3.51. The molecule has 4 nitrogen and oxygen atoms in total. The topological polar surface area (TPSA) is 56.7 Å². The maximum Gasteiger partial charge on any atom is 0.171 e. The second kappa shape index (κ2) is 3.48. The number of hydrogen-bond donors (Lipinski definition) is 1. The molecule has 0 saturated heterocycles. The quantitative estimate of drug-likeness (QED) is 0.762. The Balaban J connectivity index is 2.52. The number of aromatic nitrogens is 3. The third kappa shape index (κ3) is 1.66. The zero-order valence-corrected chi connectivity index (χ0v) is 8.50. The van der Waals surface area contributed by atoms with Gasteiger partial charge in [-0.3, -0.25) is 0 Å². The monoisotopic (exact) mass is 228 g/mol. The minimum absolute atomic E-state index is 0.319. The standard InChI is InChI=1S/C8H6Cl2N4/c9-5-1-2-7(6(11)3-5)14-4-8(10)12-13-14/h1-4H,11H2. The first kappa shape index (κ1) is 9.30. The van der Waals surface area contributed by atoms with Gasteiger partial charge < -0.3 is 5.73 Å². The van der Waals surface area contributed by atoms with E-state index in [4.69, 9.17) is 28.9 Å². The molecule has 0 atom stereocenters. The summed E-state index contributed by atoms with van der Waals surface area (Å²) in [6.07, 6.45) is 1.57. The van der Waals surface area contributed by atoms with Gasteiger partial charge in [-0.25, -0.2) is 4.68 Å². The first-order valence-electron chi connectivity index (χ1n) is 3.80. The Morgan fingerprint density at radius 3 is 2.64 bits per heavy atom. The van der Waals surface area contributed by atoms with Gasteiger partial charge in [0.25, 0.3) is 0 Å². The highest BCUT2D eigenvalue weighted by atomic mass is 35.5. The van der Waals surface area contributed by atoms with Crippen molar-refractivity contribution in [1.29, 1.82) is 0 Å². The summed E-state index contributed by atoms with van der Waals surface area (Å²) in [4.78, 5) is 0. The summed E-state index contributed by atoms with van der Waals surface area (Å²) < 4.78 is 1.49. The molecule has 2 aromatic rings. The molecule has 0 bridgehead atoms. The minimum atomic E-state index is 0.319. The molecular weight excluding hydrogens is 223 g/mol. The zero-order valence-electron chi connectivity index (χ0n) is 6.98. The average Bonchev–Trinajstić information content (AvgIpc) is 2.51. The van der Waals surface area contributed by atoms with E-state index in [1.807, 2.05) is 0 Å². The Hall–Kier alpha value is -1.26. The van der Waals surface area contributed by atoms with E-state index in [0.717, 1.165) is 0 Å². The van der Waals surface area contributed by atoms with Gasteiger partial charge in [-0.1, -0.05) is 28.4 Å². The van der Waals surface area contributed by atoms with Crippen LogP contribution < -0.4 is 5.73 Å².